The summed E-state index contributed by atoms with van der Waals surface area (Å²) in [6, 6.07) is 7.79. The molecule has 2 N–H and O–H groups in total. The number of hydrogen-bond donors (Lipinski definition) is 2. The summed E-state index contributed by atoms with van der Waals surface area (Å²) in [7, 11) is 0. The lowest BCUT2D eigenvalue weighted by molar-refractivity contribution is -0.121. The lowest BCUT2D eigenvalue weighted by Crippen LogP contribution is -2.62. The molecule has 2 heterocycles. The molecule has 0 bridgehead atoms. The summed E-state index contributed by atoms with van der Waals surface area (Å²) in [6.45, 7) is 8.75. The average molecular weight is 392 g/mol. The van der Waals surface area contributed by atoms with Crippen molar-refractivity contribution in [1.29, 1.82) is 0 Å². The minimum absolute atomic E-state index is 0.0160. The van der Waals surface area contributed by atoms with Gasteiger partial charge in [0.05, 0.1) is 12.1 Å². The maximum Gasteiger partial charge on any atom is 0.226 e. The Balaban J connectivity index is 1.61. The van der Waals surface area contributed by atoms with Crippen LogP contribution in [0.1, 0.15) is 46.2 Å². The quantitative estimate of drug-likeness (QED) is 0.810. The largest absolute Gasteiger partial charge is 0.353 e. The Morgan fingerprint density at radius 2 is 1.85 bits per heavy atom. The van der Waals surface area contributed by atoms with Crippen LogP contribution in [0.25, 0.3) is 10.6 Å². The third-order valence-electron chi connectivity index (χ3n) is 4.54. The van der Waals surface area contributed by atoms with E-state index in [0.717, 1.165) is 29.1 Å². The SMILES string of the molecule is CC1(C)CC(NC(=O)Cc2csc(-c3ccc(Cl)cc3)n2)CC(C)(C)N1. The maximum absolute atomic E-state index is 12.5. The Morgan fingerprint density at radius 1 is 1.23 bits per heavy atom. The van der Waals surface area contributed by atoms with E-state index in [-0.39, 0.29) is 23.0 Å². The second-order valence-corrected chi connectivity index (χ2v) is 9.69. The van der Waals surface area contributed by atoms with Gasteiger partial charge >= 0.3 is 0 Å². The van der Waals surface area contributed by atoms with Crippen LogP contribution in [0.5, 0.6) is 0 Å². The van der Waals surface area contributed by atoms with Gasteiger partial charge in [-0.2, -0.15) is 0 Å². The van der Waals surface area contributed by atoms with Crippen LogP contribution in [0.2, 0.25) is 5.02 Å². The third kappa shape index (κ3) is 5.06. The fraction of sp³-hybridized carbons (Fsp3) is 0.500. The molecule has 2 aromatic rings. The van der Waals surface area contributed by atoms with Gasteiger partial charge in [-0.3, -0.25) is 4.79 Å². The molecule has 0 unspecified atom stereocenters. The molecule has 1 saturated heterocycles. The van der Waals surface area contributed by atoms with Gasteiger partial charge in [0.2, 0.25) is 5.91 Å². The van der Waals surface area contributed by atoms with Crippen LogP contribution >= 0.6 is 22.9 Å². The van der Waals surface area contributed by atoms with Crippen LogP contribution in [-0.4, -0.2) is 28.0 Å². The Labute approximate surface area is 164 Å². The summed E-state index contributed by atoms with van der Waals surface area (Å²) in [5, 5.41) is 10.4. The van der Waals surface area contributed by atoms with Gasteiger partial charge in [-0.15, -0.1) is 11.3 Å². The number of nitrogens with one attached hydrogen (secondary N) is 2. The van der Waals surface area contributed by atoms with Crippen molar-refractivity contribution in [3.63, 3.8) is 0 Å². The van der Waals surface area contributed by atoms with Gasteiger partial charge in [-0.1, -0.05) is 23.7 Å². The first-order chi connectivity index (χ1) is 12.1. The molecule has 3 rings (SSSR count). The molecule has 140 valence electrons. The Bertz CT molecular complexity index is 767. The van der Waals surface area contributed by atoms with Crippen molar-refractivity contribution in [1.82, 2.24) is 15.6 Å². The Kier molecular flexibility index (Phi) is 5.42. The average Bonchev–Trinajstić information content (AvgIpc) is 2.92. The van der Waals surface area contributed by atoms with Crippen molar-refractivity contribution in [2.45, 2.75) is 64.1 Å². The van der Waals surface area contributed by atoms with Crippen molar-refractivity contribution < 1.29 is 4.79 Å². The molecule has 0 atom stereocenters. The first-order valence-electron chi connectivity index (χ1n) is 8.91. The first-order valence-corrected chi connectivity index (χ1v) is 10.2. The number of benzene rings is 1. The molecule has 1 aromatic heterocycles. The van der Waals surface area contributed by atoms with Gasteiger partial charge in [0.25, 0.3) is 0 Å². The van der Waals surface area contributed by atoms with Crippen molar-refractivity contribution in [2.75, 3.05) is 0 Å². The number of amides is 1. The highest BCUT2D eigenvalue weighted by Crippen LogP contribution is 2.29. The van der Waals surface area contributed by atoms with E-state index in [1.807, 2.05) is 29.6 Å². The van der Waals surface area contributed by atoms with Gasteiger partial charge in [0, 0.05) is 33.1 Å². The van der Waals surface area contributed by atoms with Gasteiger partial charge in [-0.05, 0) is 52.7 Å². The number of carbonyl (C=O) groups is 1. The van der Waals surface area contributed by atoms with Gasteiger partial charge < -0.3 is 10.6 Å². The number of hydrogen-bond acceptors (Lipinski definition) is 4. The minimum Gasteiger partial charge on any atom is -0.353 e. The predicted molar refractivity (Wildman–Crippen MR) is 109 cm³/mol. The van der Waals surface area contributed by atoms with E-state index in [1.54, 1.807) is 11.3 Å². The number of carbonyl (C=O) groups excluding carboxylic acids is 1. The molecular formula is C20H26ClN3OS. The zero-order valence-corrected chi connectivity index (χ0v) is 17.3. The van der Waals surface area contributed by atoms with E-state index in [4.69, 9.17) is 11.6 Å². The smallest absolute Gasteiger partial charge is 0.226 e. The molecular weight excluding hydrogens is 366 g/mol. The highest BCUT2D eigenvalue weighted by Gasteiger charge is 2.38. The van der Waals surface area contributed by atoms with Crippen LogP contribution < -0.4 is 10.6 Å². The zero-order chi connectivity index (χ0) is 18.9. The van der Waals surface area contributed by atoms with Crippen molar-refractivity contribution in [2.24, 2.45) is 0 Å². The number of halogens is 1. The molecule has 0 aliphatic carbocycles. The summed E-state index contributed by atoms with van der Waals surface area (Å²) in [5.74, 6) is 0.0384. The molecule has 1 aliphatic heterocycles. The summed E-state index contributed by atoms with van der Waals surface area (Å²) in [6.07, 6.45) is 2.17. The van der Waals surface area contributed by atoms with Crippen LogP contribution in [-0.2, 0) is 11.2 Å². The van der Waals surface area contributed by atoms with Crippen LogP contribution in [0.15, 0.2) is 29.6 Å². The van der Waals surface area contributed by atoms with E-state index in [1.165, 1.54) is 0 Å². The van der Waals surface area contributed by atoms with Gasteiger partial charge in [0.1, 0.15) is 5.01 Å². The lowest BCUT2D eigenvalue weighted by Gasteiger charge is -2.46. The topological polar surface area (TPSA) is 54.0 Å². The monoisotopic (exact) mass is 391 g/mol. The summed E-state index contributed by atoms with van der Waals surface area (Å²) in [4.78, 5) is 17.1. The fourth-order valence-electron chi connectivity index (χ4n) is 3.98. The zero-order valence-electron chi connectivity index (χ0n) is 15.7. The van der Waals surface area contributed by atoms with Crippen molar-refractivity contribution >= 4 is 28.8 Å². The molecule has 0 saturated carbocycles. The minimum atomic E-state index is 0.0160. The number of rotatable bonds is 4. The highest BCUT2D eigenvalue weighted by atomic mass is 35.5. The second kappa shape index (κ2) is 7.29. The van der Waals surface area contributed by atoms with Gasteiger partial charge in [-0.25, -0.2) is 4.98 Å². The highest BCUT2D eigenvalue weighted by molar-refractivity contribution is 7.13. The molecule has 6 heteroatoms. The molecule has 1 amide bonds. The molecule has 0 spiro atoms. The number of nitrogens with zero attached hydrogens (tertiary/aromatic N) is 1. The van der Waals surface area contributed by atoms with Crippen LogP contribution in [0, 0.1) is 0 Å². The third-order valence-corrected chi connectivity index (χ3v) is 5.73. The predicted octanol–water partition coefficient (Wildman–Crippen LogP) is 4.43. The standard InChI is InChI=1S/C20H26ClN3OS/c1-19(2)10-16(11-20(3,4)24-19)22-17(25)9-15-12-26-18(23-15)13-5-7-14(21)8-6-13/h5-8,12,16,24H,9-11H2,1-4H3,(H,22,25). The van der Waals surface area contributed by atoms with E-state index < -0.39 is 0 Å². The summed E-state index contributed by atoms with van der Waals surface area (Å²) in [5.41, 5.74) is 1.86. The summed E-state index contributed by atoms with van der Waals surface area (Å²) >= 11 is 7.48. The van der Waals surface area contributed by atoms with Crippen molar-refractivity contribution in [3.05, 3.63) is 40.4 Å². The normalized spacial score (nSPS) is 19.3. The molecule has 4 nitrogen and oxygen atoms in total. The summed E-state index contributed by atoms with van der Waals surface area (Å²) < 4.78 is 0. The molecule has 1 aliphatic rings. The molecule has 1 aromatic carbocycles. The van der Waals surface area contributed by atoms with E-state index in [2.05, 4.69) is 43.3 Å². The molecule has 1 fully saturated rings. The Morgan fingerprint density at radius 3 is 2.46 bits per heavy atom. The number of aromatic nitrogens is 1. The van der Waals surface area contributed by atoms with E-state index in [9.17, 15) is 4.79 Å². The van der Waals surface area contributed by atoms with Gasteiger partial charge in [0.15, 0.2) is 0 Å². The number of thiazole rings is 1. The Hall–Kier alpha value is -1.43. The lowest BCUT2D eigenvalue weighted by atomic mass is 9.79. The molecule has 0 radical (unpaired) electrons. The first kappa shape index (κ1) is 19.3. The van der Waals surface area contributed by atoms with E-state index >= 15 is 0 Å². The number of piperidine rings is 1. The second-order valence-electron chi connectivity index (χ2n) is 8.39. The van der Waals surface area contributed by atoms with E-state index in [0.29, 0.717) is 11.4 Å². The van der Waals surface area contributed by atoms with Crippen molar-refractivity contribution in [3.8, 4) is 10.6 Å². The van der Waals surface area contributed by atoms with Crippen LogP contribution in [0.4, 0.5) is 0 Å². The van der Waals surface area contributed by atoms with Crippen LogP contribution in [0.3, 0.4) is 0 Å². The fourth-order valence-corrected chi connectivity index (χ4v) is 4.93. The molecule has 26 heavy (non-hydrogen) atoms. The maximum atomic E-state index is 12.5.